The highest BCUT2D eigenvalue weighted by Gasteiger charge is 2.15. The highest BCUT2D eigenvalue weighted by atomic mass is 35.5. The Morgan fingerprint density at radius 1 is 1.48 bits per heavy atom. The van der Waals surface area contributed by atoms with Crippen molar-refractivity contribution in [1.29, 1.82) is 5.26 Å². The largest absolute Gasteiger partial charge is 0.443 e. The van der Waals surface area contributed by atoms with E-state index in [1.165, 1.54) is 0 Å². The van der Waals surface area contributed by atoms with Gasteiger partial charge < -0.3 is 4.42 Å². The molecule has 0 aliphatic rings. The van der Waals surface area contributed by atoms with Crippen LogP contribution in [-0.4, -0.2) is 28.2 Å². The van der Waals surface area contributed by atoms with Gasteiger partial charge in [-0.15, -0.1) is 0 Å². The van der Waals surface area contributed by atoms with Crippen LogP contribution in [0.1, 0.15) is 25.8 Å². The molecule has 2 heterocycles. The number of nitrogens with zero attached hydrogens (tertiary/aromatic N) is 3. The minimum Gasteiger partial charge on any atom is -0.443 e. The molecule has 0 aliphatic carbocycles. The topological polar surface area (TPSA) is 68.8 Å². The van der Waals surface area contributed by atoms with Crippen molar-refractivity contribution in [3.8, 4) is 17.5 Å². The Kier molecular flexibility index (Phi) is 5.43. The molecule has 1 N–H and O–H groups in total. The zero-order chi connectivity index (χ0) is 15.2. The van der Waals surface area contributed by atoms with Crippen molar-refractivity contribution in [3.05, 3.63) is 29.1 Å². The van der Waals surface area contributed by atoms with Crippen LogP contribution in [0.3, 0.4) is 0 Å². The summed E-state index contributed by atoms with van der Waals surface area (Å²) in [7, 11) is 0. The summed E-state index contributed by atoms with van der Waals surface area (Å²) in [5.74, 6) is 1.22. The summed E-state index contributed by atoms with van der Waals surface area (Å²) in [4.78, 5) is 2.26. The van der Waals surface area contributed by atoms with Crippen LogP contribution in [0.15, 0.2) is 22.7 Å². The summed E-state index contributed by atoms with van der Waals surface area (Å²) in [5.41, 5.74) is 1.88. The molecule has 5 nitrogen and oxygen atoms in total. The van der Waals surface area contributed by atoms with Gasteiger partial charge in [-0.25, -0.2) is 0 Å². The monoisotopic (exact) mass is 306 g/mol. The van der Waals surface area contributed by atoms with Gasteiger partial charge in [0.25, 0.3) is 0 Å². The van der Waals surface area contributed by atoms with Crippen LogP contribution in [0.4, 0.5) is 0 Å². The maximum Gasteiger partial charge on any atom is 0.194 e. The third-order valence-corrected chi connectivity index (χ3v) is 3.30. The maximum absolute atomic E-state index is 8.79. The molecule has 0 amide bonds. The van der Waals surface area contributed by atoms with Gasteiger partial charge in [-0.2, -0.15) is 10.4 Å². The molecule has 0 spiro atoms. The molecule has 6 heteroatoms. The van der Waals surface area contributed by atoms with Gasteiger partial charge in [0, 0.05) is 31.6 Å². The number of aromatic amines is 1. The molecule has 0 saturated carbocycles. The van der Waals surface area contributed by atoms with Crippen molar-refractivity contribution in [2.24, 2.45) is 5.92 Å². The van der Waals surface area contributed by atoms with Crippen LogP contribution < -0.4 is 0 Å². The summed E-state index contributed by atoms with van der Waals surface area (Å²) >= 11 is 5.83. The van der Waals surface area contributed by atoms with Crippen LogP contribution in [-0.2, 0) is 6.54 Å². The first kappa shape index (κ1) is 15.6. The van der Waals surface area contributed by atoms with Crippen molar-refractivity contribution < 1.29 is 4.42 Å². The van der Waals surface area contributed by atoms with Crippen molar-refractivity contribution in [2.75, 3.05) is 13.1 Å². The molecule has 0 atom stereocenters. The number of H-pyrrole nitrogens is 1. The fourth-order valence-electron chi connectivity index (χ4n) is 2.29. The van der Waals surface area contributed by atoms with Crippen molar-refractivity contribution in [3.63, 3.8) is 0 Å². The summed E-state index contributed by atoms with van der Waals surface area (Å²) in [6.07, 6.45) is 2.32. The van der Waals surface area contributed by atoms with Crippen LogP contribution >= 0.6 is 11.6 Å². The van der Waals surface area contributed by atoms with E-state index in [0.717, 1.165) is 30.9 Å². The summed E-state index contributed by atoms with van der Waals surface area (Å²) in [5, 5.41) is 16.2. The lowest BCUT2D eigenvalue weighted by Crippen LogP contribution is -2.28. The van der Waals surface area contributed by atoms with Gasteiger partial charge in [0.1, 0.15) is 5.69 Å². The molecular formula is C15H19ClN4O. The number of nitrogens with one attached hydrogen (secondary N) is 1. The van der Waals surface area contributed by atoms with Gasteiger partial charge in [-0.3, -0.25) is 10.00 Å². The predicted octanol–water partition coefficient (Wildman–Crippen LogP) is 3.69. The second-order valence-electron chi connectivity index (χ2n) is 5.41. The van der Waals surface area contributed by atoms with E-state index >= 15 is 0 Å². The van der Waals surface area contributed by atoms with Crippen LogP contribution in [0.5, 0.6) is 0 Å². The molecule has 2 aromatic rings. The highest BCUT2D eigenvalue weighted by Crippen LogP contribution is 2.26. The van der Waals surface area contributed by atoms with E-state index < -0.39 is 0 Å². The Morgan fingerprint density at radius 3 is 2.90 bits per heavy atom. The third-order valence-electron chi connectivity index (χ3n) is 3.09. The molecule has 0 unspecified atom stereocenters. The fraction of sp³-hybridized carbons (Fsp3) is 0.467. The second kappa shape index (κ2) is 7.30. The average Bonchev–Trinajstić information content (AvgIpc) is 3.04. The number of hydrogen-bond acceptors (Lipinski definition) is 4. The number of rotatable bonds is 7. The molecule has 112 valence electrons. The van der Waals surface area contributed by atoms with E-state index in [1.807, 2.05) is 6.07 Å². The van der Waals surface area contributed by atoms with E-state index in [0.29, 0.717) is 23.3 Å². The summed E-state index contributed by atoms with van der Waals surface area (Å²) in [6, 6.07) is 5.73. The smallest absolute Gasteiger partial charge is 0.194 e. The molecule has 0 aromatic carbocycles. The van der Waals surface area contributed by atoms with Crippen molar-refractivity contribution in [1.82, 2.24) is 15.1 Å². The number of nitriles is 1. The predicted molar refractivity (Wildman–Crippen MR) is 81.6 cm³/mol. The Balaban J connectivity index is 2.14. The molecule has 0 bridgehead atoms. The fourth-order valence-corrected chi connectivity index (χ4v) is 2.44. The first-order valence-electron chi connectivity index (χ1n) is 6.97. The van der Waals surface area contributed by atoms with E-state index in [9.17, 15) is 0 Å². The lowest BCUT2D eigenvalue weighted by Gasteiger charge is -2.22. The lowest BCUT2D eigenvalue weighted by molar-refractivity contribution is 0.241. The molecule has 2 rings (SSSR count). The van der Waals surface area contributed by atoms with Gasteiger partial charge in [-0.1, -0.05) is 13.8 Å². The molecule has 0 aliphatic heterocycles. The first-order valence-corrected chi connectivity index (χ1v) is 7.35. The minimum absolute atomic E-state index is 0.356. The molecular weight excluding hydrogens is 288 g/mol. The van der Waals surface area contributed by atoms with E-state index in [-0.39, 0.29) is 0 Å². The number of halogens is 1. The van der Waals surface area contributed by atoms with Crippen LogP contribution in [0.2, 0.25) is 5.22 Å². The normalized spacial score (nSPS) is 11.2. The van der Waals surface area contributed by atoms with Crippen molar-refractivity contribution >= 4 is 11.6 Å². The van der Waals surface area contributed by atoms with Crippen LogP contribution in [0.25, 0.3) is 11.5 Å². The lowest BCUT2D eigenvalue weighted by atomic mass is 10.1. The van der Waals surface area contributed by atoms with Crippen LogP contribution in [0, 0.1) is 17.2 Å². The zero-order valence-corrected chi connectivity index (χ0v) is 13.0. The standard InChI is InChI=1S/C15H19ClN4O/c1-11(2)9-20(7-3-6-17)10-12-8-18-19-15(12)13-4-5-14(16)21-13/h4-5,8,11H,3,7,9-10H2,1-2H3,(H,18,19). The molecule has 0 fully saturated rings. The van der Waals surface area contributed by atoms with Gasteiger partial charge in [0.05, 0.1) is 12.3 Å². The Morgan fingerprint density at radius 2 is 2.29 bits per heavy atom. The van der Waals surface area contributed by atoms with Gasteiger partial charge in [0.15, 0.2) is 11.0 Å². The molecule has 0 radical (unpaired) electrons. The average molecular weight is 307 g/mol. The number of aromatic nitrogens is 2. The number of hydrogen-bond donors (Lipinski definition) is 1. The van der Waals surface area contributed by atoms with Crippen molar-refractivity contribution in [2.45, 2.75) is 26.8 Å². The van der Waals surface area contributed by atoms with E-state index in [4.69, 9.17) is 21.3 Å². The quantitative estimate of drug-likeness (QED) is 0.847. The molecule has 2 aromatic heterocycles. The van der Waals surface area contributed by atoms with E-state index in [1.54, 1.807) is 12.3 Å². The SMILES string of the molecule is CC(C)CN(CCC#N)Cc1cn[nH]c1-c1ccc(Cl)o1. The summed E-state index contributed by atoms with van der Waals surface area (Å²) in [6.45, 7) is 6.75. The Labute approximate surface area is 129 Å². The van der Waals surface area contributed by atoms with Gasteiger partial charge in [0.2, 0.25) is 0 Å². The van der Waals surface area contributed by atoms with Gasteiger partial charge in [-0.05, 0) is 29.7 Å². The first-order chi connectivity index (χ1) is 10.1. The Hall–Kier alpha value is -1.77. The van der Waals surface area contributed by atoms with E-state index in [2.05, 4.69) is 35.0 Å². The Bertz CT molecular complexity index is 611. The third kappa shape index (κ3) is 4.35. The second-order valence-corrected chi connectivity index (χ2v) is 5.78. The summed E-state index contributed by atoms with van der Waals surface area (Å²) < 4.78 is 5.44. The maximum atomic E-state index is 8.79. The number of furan rings is 1. The molecule has 0 saturated heterocycles. The minimum atomic E-state index is 0.356. The van der Waals surface area contributed by atoms with Gasteiger partial charge >= 0.3 is 0 Å². The zero-order valence-electron chi connectivity index (χ0n) is 12.3. The molecule has 21 heavy (non-hydrogen) atoms. The highest BCUT2D eigenvalue weighted by molar-refractivity contribution is 6.28.